The molecule has 50 valence electrons. The maximum Gasteiger partial charge on any atom is 0.0465 e. The Balaban J connectivity index is 2.10. The molecule has 2 aliphatic rings. The largest absolute Gasteiger partial charge is 0.396 e. The normalized spacial score (nSPS) is 46.6. The van der Waals surface area contributed by atoms with E-state index in [1.54, 1.807) is 0 Å². The van der Waals surface area contributed by atoms with Crippen molar-refractivity contribution in [2.24, 2.45) is 17.8 Å². The molecule has 1 nitrogen and oxygen atoms in total. The maximum atomic E-state index is 8.85. The second-order valence-corrected chi connectivity index (χ2v) is 3.22. The third kappa shape index (κ3) is 0.715. The first-order valence-corrected chi connectivity index (χ1v) is 3.69. The molecule has 0 heterocycles. The summed E-state index contributed by atoms with van der Waals surface area (Å²) in [4.78, 5) is 0. The van der Waals surface area contributed by atoms with Gasteiger partial charge >= 0.3 is 0 Å². The number of hydrogen-bond donors (Lipinski definition) is 1. The Morgan fingerprint density at radius 1 is 1.33 bits per heavy atom. The van der Waals surface area contributed by atoms with Crippen molar-refractivity contribution in [2.45, 2.75) is 12.8 Å². The first-order valence-electron chi connectivity index (χ1n) is 3.69. The highest BCUT2D eigenvalue weighted by Gasteiger charge is 2.34. The fourth-order valence-corrected chi connectivity index (χ4v) is 2.10. The fourth-order valence-electron chi connectivity index (χ4n) is 2.10. The van der Waals surface area contributed by atoms with Crippen LogP contribution in [0.25, 0.3) is 0 Å². The van der Waals surface area contributed by atoms with Crippen molar-refractivity contribution in [3.63, 3.8) is 0 Å². The van der Waals surface area contributed by atoms with Gasteiger partial charge in [0.2, 0.25) is 0 Å². The third-order valence-corrected chi connectivity index (χ3v) is 2.65. The molecule has 1 saturated carbocycles. The molecule has 2 unspecified atom stereocenters. The van der Waals surface area contributed by atoms with Gasteiger partial charge in [-0.1, -0.05) is 12.2 Å². The Morgan fingerprint density at radius 3 is 2.56 bits per heavy atom. The topological polar surface area (TPSA) is 20.2 Å². The summed E-state index contributed by atoms with van der Waals surface area (Å²) >= 11 is 0. The molecule has 0 aromatic rings. The number of aliphatic hydroxyl groups is 1. The van der Waals surface area contributed by atoms with Crippen LogP contribution >= 0.6 is 0 Å². The Morgan fingerprint density at radius 2 is 2.22 bits per heavy atom. The zero-order valence-electron chi connectivity index (χ0n) is 5.46. The zero-order valence-corrected chi connectivity index (χ0v) is 5.46. The van der Waals surface area contributed by atoms with Crippen LogP contribution in [0.1, 0.15) is 12.8 Å². The van der Waals surface area contributed by atoms with Gasteiger partial charge < -0.3 is 5.11 Å². The number of allylic oxidation sites excluding steroid dienone is 2. The molecule has 0 radical (unpaired) electrons. The molecule has 1 N–H and O–H groups in total. The second kappa shape index (κ2) is 1.84. The van der Waals surface area contributed by atoms with Crippen LogP contribution in [0.5, 0.6) is 0 Å². The van der Waals surface area contributed by atoms with Crippen LogP contribution in [0.2, 0.25) is 0 Å². The van der Waals surface area contributed by atoms with Crippen molar-refractivity contribution in [2.75, 3.05) is 6.61 Å². The van der Waals surface area contributed by atoms with Gasteiger partial charge in [0.1, 0.15) is 0 Å². The summed E-state index contributed by atoms with van der Waals surface area (Å²) in [7, 11) is 0. The molecule has 0 aromatic carbocycles. The van der Waals surface area contributed by atoms with E-state index in [4.69, 9.17) is 5.11 Å². The molecule has 2 bridgehead atoms. The van der Waals surface area contributed by atoms with Gasteiger partial charge in [-0.3, -0.25) is 0 Å². The standard InChI is InChI=1S/C8H12O/c9-5-8-4-6-1-2-7(8)3-6/h1-2,6-9H,3-5H2/t6?,7?,8-/m1/s1. The smallest absolute Gasteiger partial charge is 0.0465 e. The number of fused-ring (bicyclic) bond motifs is 2. The van der Waals surface area contributed by atoms with E-state index < -0.39 is 0 Å². The van der Waals surface area contributed by atoms with E-state index in [0.717, 1.165) is 11.8 Å². The highest BCUT2D eigenvalue weighted by molar-refractivity contribution is 5.09. The van der Waals surface area contributed by atoms with Gasteiger partial charge in [-0.15, -0.1) is 0 Å². The minimum atomic E-state index is 0.394. The molecule has 0 amide bonds. The number of hydrogen-bond acceptors (Lipinski definition) is 1. The summed E-state index contributed by atoms with van der Waals surface area (Å²) in [6, 6.07) is 0. The molecule has 0 saturated heterocycles. The van der Waals surface area contributed by atoms with Gasteiger partial charge in [-0.2, -0.15) is 0 Å². The van der Waals surface area contributed by atoms with Crippen molar-refractivity contribution < 1.29 is 5.11 Å². The molecule has 2 rings (SSSR count). The zero-order chi connectivity index (χ0) is 6.27. The highest BCUT2D eigenvalue weighted by atomic mass is 16.3. The Kier molecular flexibility index (Phi) is 1.12. The predicted molar refractivity (Wildman–Crippen MR) is 35.9 cm³/mol. The van der Waals surface area contributed by atoms with Gasteiger partial charge in [-0.05, 0) is 30.6 Å². The molecule has 3 atom stereocenters. The fraction of sp³-hybridized carbons (Fsp3) is 0.750. The van der Waals surface area contributed by atoms with E-state index in [9.17, 15) is 0 Å². The third-order valence-electron chi connectivity index (χ3n) is 2.65. The van der Waals surface area contributed by atoms with Crippen LogP contribution in [0.4, 0.5) is 0 Å². The molecular weight excluding hydrogens is 112 g/mol. The molecule has 0 aliphatic heterocycles. The Hall–Kier alpha value is -0.300. The van der Waals surface area contributed by atoms with E-state index in [1.807, 2.05) is 0 Å². The monoisotopic (exact) mass is 124 g/mol. The number of rotatable bonds is 1. The van der Waals surface area contributed by atoms with E-state index in [2.05, 4.69) is 12.2 Å². The predicted octanol–water partition coefficient (Wildman–Crippen LogP) is 1.19. The second-order valence-electron chi connectivity index (χ2n) is 3.22. The lowest BCUT2D eigenvalue weighted by Crippen LogP contribution is -2.10. The first kappa shape index (κ1) is 5.48. The van der Waals surface area contributed by atoms with Gasteiger partial charge in [0, 0.05) is 6.61 Å². The summed E-state index contributed by atoms with van der Waals surface area (Å²) in [5, 5.41) is 8.85. The summed E-state index contributed by atoms with van der Waals surface area (Å²) in [5.74, 6) is 2.13. The lowest BCUT2D eigenvalue weighted by molar-refractivity contribution is 0.207. The van der Waals surface area contributed by atoms with Crippen molar-refractivity contribution in [3.8, 4) is 0 Å². The SMILES string of the molecule is OC[C@H]1CC2C=CC1C2. The summed E-state index contributed by atoms with van der Waals surface area (Å²) in [5.41, 5.74) is 0. The van der Waals surface area contributed by atoms with Gasteiger partial charge in [-0.25, -0.2) is 0 Å². The molecule has 0 spiro atoms. The lowest BCUT2D eigenvalue weighted by Gasteiger charge is -2.13. The van der Waals surface area contributed by atoms with Crippen LogP contribution < -0.4 is 0 Å². The van der Waals surface area contributed by atoms with Crippen LogP contribution in [0, 0.1) is 17.8 Å². The van der Waals surface area contributed by atoms with Crippen molar-refractivity contribution >= 4 is 0 Å². The Bertz CT molecular complexity index is 140. The summed E-state index contributed by atoms with van der Waals surface area (Å²) < 4.78 is 0. The number of aliphatic hydroxyl groups excluding tert-OH is 1. The minimum absolute atomic E-state index is 0.394. The van der Waals surface area contributed by atoms with E-state index in [-0.39, 0.29) is 0 Å². The van der Waals surface area contributed by atoms with Crippen molar-refractivity contribution in [1.82, 2.24) is 0 Å². The lowest BCUT2D eigenvalue weighted by atomic mass is 9.95. The molecule has 0 aromatic heterocycles. The average Bonchev–Trinajstić information content (AvgIpc) is 2.45. The van der Waals surface area contributed by atoms with Gasteiger partial charge in [0.15, 0.2) is 0 Å². The molecule has 2 aliphatic carbocycles. The van der Waals surface area contributed by atoms with Crippen LogP contribution in [0.3, 0.4) is 0 Å². The molecule has 9 heavy (non-hydrogen) atoms. The van der Waals surface area contributed by atoms with Crippen LogP contribution in [-0.2, 0) is 0 Å². The average molecular weight is 124 g/mol. The van der Waals surface area contributed by atoms with Gasteiger partial charge in [0.25, 0.3) is 0 Å². The van der Waals surface area contributed by atoms with Crippen LogP contribution in [0.15, 0.2) is 12.2 Å². The molecule has 1 fully saturated rings. The molecular formula is C8H12O. The van der Waals surface area contributed by atoms with Crippen molar-refractivity contribution in [1.29, 1.82) is 0 Å². The van der Waals surface area contributed by atoms with Crippen molar-refractivity contribution in [3.05, 3.63) is 12.2 Å². The summed E-state index contributed by atoms with van der Waals surface area (Å²) in [6.07, 6.45) is 7.12. The first-order chi connectivity index (χ1) is 4.40. The van der Waals surface area contributed by atoms with E-state index in [0.29, 0.717) is 12.5 Å². The van der Waals surface area contributed by atoms with Gasteiger partial charge in [0.05, 0.1) is 0 Å². The minimum Gasteiger partial charge on any atom is -0.396 e. The van der Waals surface area contributed by atoms with Crippen LogP contribution in [-0.4, -0.2) is 11.7 Å². The quantitative estimate of drug-likeness (QED) is 0.520. The summed E-state index contributed by atoms with van der Waals surface area (Å²) in [6.45, 7) is 0.394. The Labute approximate surface area is 55.4 Å². The molecule has 1 heteroatoms. The van der Waals surface area contributed by atoms with E-state index >= 15 is 0 Å². The highest BCUT2D eigenvalue weighted by Crippen LogP contribution is 2.42. The van der Waals surface area contributed by atoms with E-state index in [1.165, 1.54) is 12.8 Å². The maximum absolute atomic E-state index is 8.85.